The first-order chi connectivity index (χ1) is 17.4. The fourth-order valence-corrected chi connectivity index (χ4v) is 4.76. The van der Waals surface area contributed by atoms with Gasteiger partial charge in [0.25, 0.3) is 0 Å². The minimum atomic E-state index is -0.476. The van der Waals surface area contributed by atoms with E-state index in [1.807, 2.05) is 18.7 Å². The summed E-state index contributed by atoms with van der Waals surface area (Å²) >= 11 is 0. The predicted molar refractivity (Wildman–Crippen MR) is 130 cm³/mol. The highest BCUT2D eigenvalue weighted by molar-refractivity contribution is 5.39. The van der Waals surface area contributed by atoms with E-state index in [9.17, 15) is 8.78 Å². The van der Waals surface area contributed by atoms with Crippen LogP contribution in [0.1, 0.15) is 49.9 Å². The normalized spacial score (nSPS) is 20.9. The number of nitrogens with two attached hydrogens (primary N) is 1. The van der Waals surface area contributed by atoms with Crippen molar-refractivity contribution in [2.45, 2.75) is 44.6 Å². The highest BCUT2D eigenvalue weighted by Gasteiger charge is 2.34. The molecule has 2 aliphatic heterocycles. The number of hydrogen-bond acceptors (Lipinski definition) is 9. The molecule has 0 aliphatic carbocycles. The minimum Gasteiger partial charge on any atom is -0.490 e. The van der Waals surface area contributed by atoms with Gasteiger partial charge in [-0.1, -0.05) is 19.0 Å². The summed E-state index contributed by atoms with van der Waals surface area (Å²) < 4.78 is 39.3. The molecule has 2 N–H and O–H groups in total. The third-order valence-corrected chi connectivity index (χ3v) is 6.94. The molecule has 0 radical (unpaired) electrons. The number of nitrogens with zero attached hydrogens (tertiary/aromatic N) is 6. The summed E-state index contributed by atoms with van der Waals surface area (Å²) in [4.78, 5) is 17.3. The van der Waals surface area contributed by atoms with Gasteiger partial charge in [0.05, 0.1) is 19.0 Å². The molecule has 192 valence electrons. The van der Waals surface area contributed by atoms with Crippen molar-refractivity contribution in [3.63, 3.8) is 0 Å². The molecule has 11 heteroatoms. The second-order valence-corrected chi connectivity index (χ2v) is 9.89. The maximum absolute atomic E-state index is 14.3. The van der Waals surface area contributed by atoms with E-state index >= 15 is 0 Å². The number of halogens is 2. The summed E-state index contributed by atoms with van der Waals surface area (Å²) in [6.07, 6.45) is 5.21. The van der Waals surface area contributed by atoms with Crippen molar-refractivity contribution >= 4 is 12.0 Å². The molecular weight excluding hydrogens is 468 g/mol. The van der Waals surface area contributed by atoms with Crippen molar-refractivity contribution in [1.82, 2.24) is 20.1 Å². The summed E-state index contributed by atoms with van der Waals surface area (Å²) in [5.41, 5.74) is 6.54. The van der Waals surface area contributed by atoms with Crippen molar-refractivity contribution in [3.8, 4) is 5.75 Å². The number of rotatable bonds is 7. The lowest BCUT2D eigenvalue weighted by Gasteiger charge is -2.30. The highest BCUT2D eigenvalue weighted by atomic mass is 19.1. The number of hydrogen-bond donors (Lipinski definition) is 1. The molecule has 0 amide bonds. The molecule has 2 saturated heterocycles. The van der Waals surface area contributed by atoms with E-state index in [1.165, 1.54) is 6.07 Å². The van der Waals surface area contributed by atoms with Gasteiger partial charge in [0.1, 0.15) is 11.6 Å². The zero-order valence-electron chi connectivity index (χ0n) is 20.5. The molecule has 2 fully saturated rings. The van der Waals surface area contributed by atoms with E-state index in [0.717, 1.165) is 43.9 Å². The molecular formula is C25H31F2N7O2. The fraction of sp³-hybridized carbons (Fsp3) is 0.520. The van der Waals surface area contributed by atoms with E-state index in [0.29, 0.717) is 43.3 Å². The van der Waals surface area contributed by atoms with Crippen LogP contribution in [0, 0.1) is 17.6 Å². The Morgan fingerprint density at radius 2 is 1.86 bits per heavy atom. The highest BCUT2D eigenvalue weighted by Crippen LogP contribution is 2.31. The van der Waals surface area contributed by atoms with Crippen LogP contribution in [0.25, 0.3) is 0 Å². The Balaban J connectivity index is 1.11. The van der Waals surface area contributed by atoms with Crippen molar-refractivity contribution in [3.05, 3.63) is 53.6 Å². The second-order valence-electron chi connectivity index (χ2n) is 9.89. The van der Waals surface area contributed by atoms with E-state index in [-0.39, 0.29) is 23.4 Å². The van der Waals surface area contributed by atoms with Gasteiger partial charge >= 0.3 is 6.01 Å². The Hall–Kier alpha value is -3.34. The van der Waals surface area contributed by atoms with Crippen LogP contribution < -0.4 is 20.3 Å². The molecule has 0 saturated carbocycles. The van der Waals surface area contributed by atoms with Gasteiger partial charge in [0.2, 0.25) is 5.95 Å². The summed E-state index contributed by atoms with van der Waals surface area (Å²) in [6.45, 7) is 7.21. The predicted octanol–water partition coefficient (Wildman–Crippen LogP) is 3.49. The van der Waals surface area contributed by atoms with Crippen molar-refractivity contribution in [2.24, 2.45) is 11.7 Å². The summed E-state index contributed by atoms with van der Waals surface area (Å²) in [5, 5.41) is 4.04. The lowest BCUT2D eigenvalue weighted by Crippen LogP contribution is -2.35. The van der Waals surface area contributed by atoms with Gasteiger partial charge in [-0.25, -0.2) is 18.7 Å². The number of piperidine rings is 1. The average molecular weight is 500 g/mol. The van der Waals surface area contributed by atoms with Crippen LogP contribution in [0.15, 0.2) is 35.1 Å². The van der Waals surface area contributed by atoms with Gasteiger partial charge in [0, 0.05) is 44.1 Å². The third kappa shape index (κ3) is 5.25. The molecule has 0 spiro atoms. The molecule has 3 aromatic rings. The maximum atomic E-state index is 14.3. The molecule has 2 atom stereocenters. The van der Waals surface area contributed by atoms with E-state index in [2.05, 4.69) is 25.0 Å². The molecule has 5 rings (SSSR count). The Morgan fingerprint density at radius 3 is 2.56 bits per heavy atom. The maximum Gasteiger partial charge on any atom is 0.324 e. The summed E-state index contributed by atoms with van der Waals surface area (Å²) in [5.74, 6) is 1.19. The third-order valence-electron chi connectivity index (χ3n) is 6.94. The van der Waals surface area contributed by atoms with Crippen LogP contribution in [0.4, 0.5) is 20.7 Å². The first kappa shape index (κ1) is 24.4. The largest absolute Gasteiger partial charge is 0.490 e. The Morgan fingerprint density at radius 1 is 1.11 bits per heavy atom. The van der Waals surface area contributed by atoms with Crippen LogP contribution in [-0.2, 0) is 0 Å². The van der Waals surface area contributed by atoms with Crippen LogP contribution in [0.2, 0.25) is 0 Å². The standard InChI is InChI=1S/C25H31F2N7O2/c1-15(2)23-31-25(36-32-23)33-7-5-16(6-8-33)14-35-18-10-29-24(30-11-18)34-12-20(22(28)13-34)19-9-17(26)3-4-21(19)27/h3-4,9-11,15-16,20,22H,5-8,12-14,28H2,1-2H3/t20-,22+/m1/s1. The van der Waals surface area contributed by atoms with Crippen LogP contribution in [0.3, 0.4) is 0 Å². The molecule has 2 aliphatic rings. The van der Waals surface area contributed by atoms with Crippen molar-refractivity contribution in [1.29, 1.82) is 0 Å². The lowest BCUT2D eigenvalue weighted by molar-refractivity contribution is 0.219. The molecule has 4 heterocycles. The molecule has 1 aromatic carbocycles. The SMILES string of the molecule is CC(C)c1noc(N2CCC(COc3cnc(N4C[C@H](c5cc(F)ccc5F)[C@@H](N)C4)nc3)CC2)n1. The Bertz CT molecular complexity index is 1170. The number of benzene rings is 1. The molecule has 9 nitrogen and oxygen atoms in total. The quantitative estimate of drug-likeness (QED) is 0.523. The Kier molecular flexibility index (Phi) is 6.99. The van der Waals surface area contributed by atoms with Crippen LogP contribution in [-0.4, -0.2) is 58.9 Å². The zero-order chi connectivity index (χ0) is 25.2. The van der Waals surface area contributed by atoms with Crippen LogP contribution in [0.5, 0.6) is 5.75 Å². The van der Waals surface area contributed by atoms with Gasteiger partial charge in [-0.3, -0.25) is 0 Å². The van der Waals surface area contributed by atoms with Gasteiger partial charge in [-0.2, -0.15) is 4.98 Å². The van der Waals surface area contributed by atoms with Gasteiger partial charge < -0.3 is 24.8 Å². The summed E-state index contributed by atoms with van der Waals surface area (Å²) in [6, 6.07) is 3.71. The van der Waals surface area contributed by atoms with Gasteiger partial charge in [-0.15, -0.1) is 0 Å². The zero-order valence-corrected chi connectivity index (χ0v) is 20.5. The lowest BCUT2D eigenvalue weighted by atomic mass is 9.94. The first-order valence-electron chi connectivity index (χ1n) is 12.4. The molecule has 0 bridgehead atoms. The van der Waals surface area contributed by atoms with Crippen molar-refractivity contribution < 1.29 is 18.0 Å². The van der Waals surface area contributed by atoms with Crippen LogP contribution >= 0.6 is 0 Å². The van der Waals surface area contributed by atoms with E-state index in [4.69, 9.17) is 15.0 Å². The van der Waals surface area contributed by atoms with Gasteiger partial charge in [-0.05, 0) is 42.5 Å². The monoisotopic (exact) mass is 499 g/mol. The average Bonchev–Trinajstić information content (AvgIpc) is 3.52. The molecule has 36 heavy (non-hydrogen) atoms. The fourth-order valence-electron chi connectivity index (χ4n) is 4.76. The summed E-state index contributed by atoms with van der Waals surface area (Å²) in [7, 11) is 0. The van der Waals surface area contributed by atoms with Crippen molar-refractivity contribution in [2.75, 3.05) is 42.6 Å². The number of aromatic nitrogens is 4. The smallest absolute Gasteiger partial charge is 0.324 e. The topological polar surface area (TPSA) is 106 Å². The van der Waals surface area contributed by atoms with Gasteiger partial charge in [0.15, 0.2) is 11.6 Å². The minimum absolute atomic E-state index is 0.238. The number of anilines is 2. The van der Waals surface area contributed by atoms with E-state index in [1.54, 1.807) is 12.4 Å². The second kappa shape index (κ2) is 10.3. The first-order valence-corrected chi connectivity index (χ1v) is 12.4. The van der Waals surface area contributed by atoms with E-state index < -0.39 is 11.6 Å². The molecule has 2 aromatic heterocycles. The molecule has 0 unspecified atom stereocenters. The Labute approximate surface area is 208 Å². The number of ether oxygens (including phenoxy) is 1.